The molecule has 0 fully saturated rings. The number of fused-ring (bicyclic) bond motifs is 2. The monoisotopic (exact) mass is 949 g/mol. The summed E-state index contributed by atoms with van der Waals surface area (Å²) in [6, 6.07) is 61.5. The van der Waals surface area contributed by atoms with Crippen molar-refractivity contribution in [2.24, 2.45) is 0 Å². The Bertz CT molecular complexity index is 2380. The van der Waals surface area contributed by atoms with Crippen LogP contribution in [0.4, 0.5) is 0 Å². The molecule has 0 amide bonds. The summed E-state index contributed by atoms with van der Waals surface area (Å²) in [7, 11) is 13.4. The van der Waals surface area contributed by atoms with Crippen molar-refractivity contribution < 1.29 is 20.8 Å². The van der Waals surface area contributed by atoms with Gasteiger partial charge >= 0.3 is 37.9 Å². The quantitative estimate of drug-likeness (QED) is 0.0975. The molecular weight excluding hydrogens is 892 g/mol. The molecule has 0 saturated heterocycles. The normalized spacial score (nSPS) is 11.2. The molecule has 0 aliphatic carbocycles. The van der Waals surface area contributed by atoms with Crippen LogP contribution >= 0.6 is 17.0 Å². The Kier molecular flexibility index (Phi) is 18.5. The van der Waals surface area contributed by atoms with Gasteiger partial charge in [-0.3, -0.25) is 0 Å². The molecule has 8 aromatic carbocycles. The van der Waals surface area contributed by atoms with E-state index in [9.17, 15) is 0 Å². The molecule has 7 heteroatoms. The zero-order valence-electron chi connectivity index (χ0n) is 37.3. The van der Waals surface area contributed by atoms with Gasteiger partial charge in [0.2, 0.25) is 0 Å². The van der Waals surface area contributed by atoms with E-state index in [4.69, 9.17) is 25.0 Å². The number of rotatable bonds is 10. The van der Waals surface area contributed by atoms with Gasteiger partial charge in [-0.05, 0) is 35.1 Å². The first-order valence-corrected chi connectivity index (χ1v) is 34.7. The Labute approximate surface area is 389 Å². The van der Waals surface area contributed by atoms with E-state index in [1.807, 2.05) is 0 Å². The van der Waals surface area contributed by atoms with Gasteiger partial charge < -0.3 is 4.14 Å². The Hall–Kier alpha value is -3.54. The Balaban J connectivity index is 0.000000181. The third kappa shape index (κ3) is 13.2. The van der Waals surface area contributed by atoms with Crippen LogP contribution in [0.3, 0.4) is 0 Å². The van der Waals surface area contributed by atoms with E-state index in [1.165, 1.54) is 90.0 Å². The first-order chi connectivity index (χ1) is 29.3. The van der Waals surface area contributed by atoms with E-state index in [0.717, 1.165) is 12.8 Å². The first-order valence-electron chi connectivity index (χ1n) is 21.5. The minimum absolute atomic E-state index is 0.826. The van der Waals surface area contributed by atoms with Crippen molar-refractivity contribution in [3.05, 3.63) is 181 Å². The molecule has 8 rings (SSSR count). The van der Waals surface area contributed by atoms with Crippen LogP contribution in [0.2, 0.25) is 39.3 Å². The van der Waals surface area contributed by atoms with Gasteiger partial charge in [0, 0.05) is 0 Å². The van der Waals surface area contributed by atoms with Gasteiger partial charge in [-0.2, -0.15) is 0 Å². The number of benzene rings is 6. The van der Waals surface area contributed by atoms with Crippen LogP contribution in [0.25, 0.3) is 66.1 Å². The van der Waals surface area contributed by atoms with E-state index in [1.54, 1.807) is 0 Å². The van der Waals surface area contributed by atoms with Gasteiger partial charge in [-0.1, -0.05) is 222 Å². The predicted octanol–water partition coefficient (Wildman–Crippen LogP) is 17.1. The van der Waals surface area contributed by atoms with Crippen LogP contribution < -0.4 is 0 Å². The van der Waals surface area contributed by atoms with E-state index in [-0.39, 0.29) is 0 Å². The van der Waals surface area contributed by atoms with Crippen LogP contribution in [0.5, 0.6) is 0 Å². The third-order valence-electron chi connectivity index (χ3n) is 10.8. The number of hydrogen-bond acceptors (Lipinski definition) is 1. The SMILES string of the molecule is CCCc1ccccc1-c1cccc2[cH-]c(-c3ccccc3)cc12.CCCc1ccccc1-c1cccc2[cH-]c(-c3ccccc3)cc12.[B]N([Si](C)(C)C)[Si](C)(C)C.[Cl][Zr+2][Cl]. The van der Waals surface area contributed by atoms with Crippen LogP contribution in [0, 0.1) is 0 Å². The molecule has 0 aliphatic rings. The van der Waals surface area contributed by atoms with Crippen molar-refractivity contribution in [2.45, 2.75) is 78.8 Å². The van der Waals surface area contributed by atoms with Crippen LogP contribution in [0.15, 0.2) is 170 Å². The zero-order valence-corrected chi connectivity index (χ0v) is 43.2. The third-order valence-corrected chi connectivity index (χ3v) is 17.7. The molecule has 1 nitrogen and oxygen atoms in total. The molecule has 0 bridgehead atoms. The molecule has 0 N–H and O–H groups in total. The van der Waals surface area contributed by atoms with Crippen molar-refractivity contribution >= 4 is 63.0 Å². The summed E-state index contributed by atoms with van der Waals surface area (Å²) in [5.41, 5.74) is 13.5. The molecule has 0 unspecified atom stereocenters. The van der Waals surface area contributed by atoms with E-state index in [2.05, 4.69) is 227 Å². The van der Waals surface area contributed by atoms with Crippen LogP contribution in [-0.4, -0.2) is 28.6 Å². The average Bonchev–Trinajstić information content (AvgIpc) is 3.91. The van der Waals surface area contributed by atoms with E-state index in [0.29, 0.717) is 0 Å². The van der Waals surface area contributed by atoms with Gasteiger partial charge in [0.25, 0.3) is 0 Å². The fourth-order valence-electron chi connectivity index (χ4n) is 8.08. The van der Waals surface area contributed by atoms with Crippen molar-refractivity contribution in [1.82, 2.24) is 4.14 Å². The van der Waals surface area contributed by atoms with Crippen molar-refractivity contribution in [3.8, 4) is 44.5 Å². The standard InChI is InChI=1S/2C24H21.C6H18BNSi2.2ClH.Zr/c2*1-2-9-19-12-6-7-14-22(19)23-15-8-13-20-16-21(17-24(20)23)18-10-4-3-5-11-18;1-9(2,3)8(7)10(4,5)6;;;/h2*3-8,10-17H,2,9H2,1H3;1-6H3;2*1H;/q2*-1;;;;+4/p-2. The summed E-state index contributed by atoms with van der Waals surface area (Å²) in [6.45, 7) is 18.2. The Morgan fingerprint density at radius 3 is 1.13 bits per heavy atom. The van der Waals surface area contributed by atoms with Gasteiger partial charge in [0.15, 0.2) is 7.98 Å². The Morgan fingerprint density at radius 2 is 0.803 bits per heavy atom. The molecule has 0 saturated carbocycles. The zero-order chi connectivity index (χ0) is 44.0. The molecule has 310 valence electrons. The average molecular weight is 952 g/mol. The molecule has 0 heterocycles. The van der Waals surface area contributed by atoms with Crippen molar-refractivity contribution in [1.29, 1.82) is 0 Å². The van der Waals surface area contributed by atoms with Gasteiger partial charge in [-0.25, -0.2) is 0 Å². The van der Waals surface area contributed by atoms with Crippen LogP contribution in [0.1, 0.15) is 37.8 Å². The number of hydrogen-bond donors (Lipinski definition) is 0. The predicted molar refractivity (Wildman–Crippen MR) is 275 cm³/mol. The maximum absolute atomic E-state index is 5.98. The van der Waals surface area contributed by atoms with Crippen molar-refractivity contribution in [2.75, 3.05) is 0 Å². The Morgan fingerprint density at radius 1 is 0.475 bits per heavy atom. The first kappa shape index (κ1) is 48.5. The van der Waals surface area contributed by atoms with Gasteiger partial charge in [-0.15, -0.1) is 69.1 Å². The van der Waals surface area contributed by atoms with E-state index < -0.39 is 37.3 Å². The second-order valence-corrected chi connectivity index (χ2v) is 31.3. The second-order valence-electron chi connectivity index (χ2n) is 17.4. The number of halogens is 2. The summed E-state index contributed by atoms with van der Waals surface area (Å²) < 4.78 is 2.15. The van der Waals surface area contributed by atoms with Crippen LogP contribution in [-0.2, 0) is 33.7 Å². The summed E-state index contributed by atoms with van der Waals surface area (Å²) in [5.74, 6) is 0. The molecule has 0 spiro atoms. The van der Waals surface area contributed by atoms with Crippen molar-refractivity contribution in [3.63, 3.8) is 0 Å². The van der Waals surface area contributed by atoms with Gasteiger partial charge in [0.1, 0.15) is 16.5 Å². The molecule has 0 aromatic heterocycles. The topological polar surface area (TPSA) is 3.24 Å². The summed E-state index contributed by atoms with van der Waals surface area (Å²) in [4.78, 5) is 0. The fraction of sp³-hybridized carbons (Fsp3) is 0.222. The molecule has 0 aliphatic heterocycles. The second kappa shape index (κ2) is 23.2. The van der Waals surface area contributed by atoms with E-state index >= 15 is 0 Å². The summed E-state index contributed by atoms with van der Waals surface area (Å²) in [5, 5.41) is 5.33. The minimum atomic E-state index is -1.22. The fourth-order valence-corrected chi connectivity index (χ4v) is 16.1. The van der Waals surface area contributed by atoms with Gasteiger partial charge in [0.05, 0.1) is 0 Å². The molecule has 61 heavy (non-hydrogen) atoms. The molecular formula is C54H60BCl2NSi2Zr. The summed E-state index contributed by atoms with van der Waals surface area (Å²) in [6.07, 6.45) is 4.59. The summed E-state index contributed by atoms with van der Waals surface area (Å²) >= 11 is -0.826. The molecule has 0 atom stereocenters. The number of aryl methyl sites for hydroxylation is 2. The number of nitrogens with zero attached hydrogens (tertiary/aromatic N) is 1. The molecule has 2 radical (unpaired) electrons. The molecule has 8 aromatic rings. The maximum atomic E-state index is 5.98.